The predicted octanol–water partition coefficient (Wildman–Crippen LogP) is 3.95. The van der Waals surface area contributed by atoms with Crippen LogP contribution in [-0.2, 0) is 0 Å². The molecule has 0 bridgehead atoms. The number of rotatable bonds is 3. The Labute approximate surface area is 112 Å². The Morgan fingerprint density at radius 1 is 1.12 bits per heavy atom. The van der Waals surface area contributed by atoms with Gasteiger partial charge in [-0.1, -0.05) is 37.8 Å². The zero-order chi connectivity index (χ0) is 12.1. The molecule has 2 N–H and O–H groups in total. The number of nitrogens with one attached hydrogen (secondary N) is 1. The number of hydrogen-bond acceptors (Lipinski definition) is 2. The third-order valence-electron chi connectivity index (χ3n) is 3.52. The van der Waals surface area contributed by atoms with Crippen LogP contribution in [0, 0.1) is 0 Å². The van der Waals surface area contributed by atoms with Crippen LogP contribution in [0.25, 0.3) is 0 Å². The van der Waals surface area contributed by atoms with Gasteiger partial charge in [0.25, 0.3) is 0 Å². The van der Waals surface area contributed by atoms with Crippen molar-refractivity contribution >= 4 is 21.6 Å². The van der Waals surface area contributed by atoms with Gasteiger partial charge in [-0.15, -0.1) is 0 Å². The molecule has 1 fully saturated rings. The van der Waals surface area contributed by atoms with Crippen molar-refractivity contribution in [1.82, 2.24) is 0 Å². The van der Waals surface area contributed by atoms with Gasteiger partial charge in [0.1, 0.15) is 0 Å². The first kappa shape index (κ1) is 12.9. The van der Waals surface area contributed by atoms with Crippen LogP contribution in [0.3, 0.4) is 0 Å². The molecule has 0 radical (unpaired) electrons. The van der Waals surface area contributed by atoms with Crippen LogP contribution in [0.2, 0.25) is 0 Å². The van der Waals surface area contributed by atoms with E-state index in [4.69, 9.17) is 0 Å². The highest BCUT2D eigenvalue weighted by atomic mass is 79.9. The molecule has 0 aromatic heterocycles. The van der Waals surface area contributed by atoms with Gasteiger partial charge < -0.3 is 10.4 Å². The largest absolute Gasteiger partial charge is 0.388 e. The quantitative estimate of drug-likeness (QED) is 0.828. The Hall–Kier alpha value is -0.540. The molecule has 2 nitrogen and oxygen atoms in total. The minimum Gasteiger partial charge on any atom is -0.388 e. The van der Waals surface area contributed by atoms with Crippen molar-refractivity contribution < 1.29 is 5.11 Å². The Morgan fingerprint density at radius 3 is 2.41 bits per heavy atom. The topological polar surface area (TPSA) is 32.3 Å². The molecule has 1 aliphatic carbocycles. The van der Waals surface area contributed by atoms with Crippen LogP contribution in [0.5, 0.6) is 0 Å². The summed E-state index contributed by atoms with van der Waals surface area (Å²) in [7, 11) is 0. The summed E-state index contributed by atoms with van der Waals surface area (Å²) >= 11 is 3.51. The van der Waals surface area contributed by atoms with E-state index in [1.165, 1.54) is 12.8 Å². The van der Waals surface area contributed by atoms with Gasteiger partial charge in [-0.05, 0) is 40.9 Å². The van der Waals surface area contributed by atoms with Crippen LogP contribution < -0.4 is 5.32 Å². The molecule has 1 aromatic rings. The van der Waals surface area contributed by atoms with Crippen molar-refractivity contribution in [3.63, 3.8) is 0 Å². The van der Waals surface area contributed by atoms with E-state index in [0.717, 1.165) is 35.8 Å². The van der Waals surface area contributed by atoms with Gasteiger partial charge in [0.05, 0.1) is 5.60 Å². The third kappa shape index (κ3) is 3.71. The summed E-state index contributed by atoms with van der Waals surface area (Å²) in [5, 5.41) is 13.9. The number of anilines is 1. The van der Waals surface area contributed by atoms with E-state index in [1.807, 2.05) is 24.3 Å². The lowest BCUT2D eigenvalue weighted by atomic mass is 9.94. The summed E-state index contributed by atoms with van der Waals surface area (Å²) in [6, 6.07) is 8.05. The molecule has 3 heteroatoms. The van der Waals surface area contributed by atoms with Crippen molar-refractivity contribution in [3.05, 3.63) is 28.7 Å². The van der Waals surface area contributed by atoms with Gasteiger partial charge in [0, 0.05) is 16.7 Å². The second kappa shape index (κ2) is 5.87. The number of aliphatic hydroxyl groups is 1. The van der Waals surface area contributed by atoms with Crippen molar-refractivity contribution in [3.8, 4) is 0 Å². The van der Waals surface area contributed by atoms with Gasteiger partial charge in [-0.2, -0.15) is 0 Å². The molecule has 0 aliphatic heterocycles. The molecule has 17 heavy (non-hydrogen) atoms. The molecule has 94 valence electrons. The predicted molar refractivity (Wildman–Crippen MR) is 75.3 cm³/mol. The molecule has 0 spiro atoms. The molecule has 0 unspecified atom stereocenters. The average Bonchev–Trinajstić information content (AvgIpc) is 2.54. The maximum Gasteiger partial charge on any atom is 0.0819 e. The van der Waals surface area contributed by atoms with E-state index in [9.17, 15) is 5.11 Å². The minimum atomic E-state index is -0.522. The second-order valence-corrected chi connectivity index (χ2v) is 5.83. The Kier molecular flexibility index (Phi) is 4.46. The summed E-state index contributed by atoms with van der Waals surface area (Å²) < 4.78 is 1.05. The van der Waals surface area contributed by atoms with E-state index in [-0.39, 0.29) is 0 Å². The van der Waals surface area contributed by atoms with Gasteiger partial charge in [0.15, 0.2) is 0 Å². The van der Waals surface area contributed by atoms with E-state index < -0.39 is 5.60 Å². The summed E-state index contributed by atoms with van der Waals surface area (Å²) in [5.41, 5.74) is 0.538. The zero-order valence-electron chi connectivity index (χ0n) is 10.1. The monoisotopic (exact) mass is 297 g/mol. The first-order chi connectivity index (χ1) is 8.20. The van der Waals surface area contributed by atoms with Crippen LogP contribution in [0.15, 0.2) is 28.7 Å². The maximum absolute atomic E-state index is 10.5. The van der Waals surface area contributed by atoms with Crippen molar-refractivity contribution in [2.24, 2.45) is 0 Å². The third-order valence-corrected chi connectivity index (χ3v) is 4.21. The molecule has 1 aliphatic rings. The fourth-order valence-corrected chi connectivity index (χ4v) is 2.85. The highest BCUT2D eigenvalue weighted by molar-refractivity contribution is 9.10. The summed E-state index contributed by atoms with van der Waals surface area (Å²) in [5.74, 6) is 0. The second-order valence-electron chi connectivity index (χ2n) is 4.97. The highest BCUT2D eigenvalue weighted by Crippen LogP contribution is 2.28. The fraction of sp³-hybridized carbons (Fsp3) is 0.571. The average molecular weight is 298 g/mol. The number of halogens is 1. The van der Waals surface area contributed by atoms with E-state index in [0.29, 0.717) is 6.54 Å². The van der Waals surface area contributed by atoms with E-state index in [1.54, 1.807) is 0 Å². The summed E-state index contributed by atoms with van der Waals surface area (Å²) in [6.45, 7) is 0.648. The molecule has 0 heterocycles. The minimum absolute atomic E-state index is 0.522. The Bertz CT molecular complexity index is 359. The van der Waals surface area contributed by atoms with Crippen molar-refractivity contribution in [2.75, 3.05) is 11.9 Å². The van der Waals surface area contributed by atoms with Crippen LogP contribution in [0.1, 0.15) is 38.5 Å². The van der Waals surface area contributed by atoms with Crippen molar-refractivity contribution in [1.29, 1.82) is 0 Å². The molecule has 2 rings (SSSR count). The first-order valence-corrected chi connectivity index (χ1v) is 7.20. The number of para-hydroxylation sites is 1. The van der Waals surface area contributed by atoms with Gasteiger partial charge in [0.2, 0.25) is 0 Å². The van der Waals surface area contributed by atoms with Gasteiger partial charge >= 0.3 is 0 Å². The van der Waals surface area contributed by atoms with Crippen molar-refractivity contribution in [2.45, 2.75) is 44.1 Å². The van der Waals surface area contributed by atoms with Gasteiger partial charge in [-0.3, -0.25) is 0 Å². The molecule has 1 saturated carbocycles. The summed E-state index contributed by atoms with van der Waals surface area (Å²) in [4.78, 5) is 0. The standard InChI is InChI=1S/C14H20BrNO/c15-12-7-3-4-8-13(12)16-11-14(17)9-5-1-2-6-10-14/h3-4,7-8,16-17H,1-2,5-6,9-11H2. The lowest BCUT2D eigenvalue weighted by Gasteiger charge is -2.27. The Morgan fingerprint density at radius 2 is 1.76 bits per heavy atom. The van der Waals surface area contributed by atoms with E-state index in [2.05, 4.69) is 21.2 Å². The maximum atomic E-state index is 10.5. The van der Waals surface area contributed by atoms with Gasteiger partial charge in [-0.25, -0.2) is 0 Å². The molecule has 1 aromatic carbocycles. The highest BCUT2D eigenvalue weighted by Gasteiger charge is 2.27. The number of hydrogen-bond donors (Lipinski definition) is 2. The smallest absolute Gasteiger partial charge is 0.0819 e. The SMILES string of the molecule is OC1(CNc2ccccc2Br)CCCCCC1. The Balaban J connectivity index is 1.94. The van der Waals surface area contributed by atoms with Crippen LogP contribution >= 0.6 is 15.9 Å². The lowest BCUT2D eigenvalue weighted by Crippen LogP contribution is -2.36. The summed E-state index contributed by atoms with van der Waals surface area (Å²) in [6.07, 6.45) is 6.66. The normalized spacial score (nSPS) is 19.6. The molecule has 0 saturated heterocycles. The molecular formula is C14H20BrNO. The molecular weight excluding hydrogens is 278 g/mol. The first-order valence-electron chi connectivity index (χ1n) is 6.40. The van der Waals surface area contributed by atoms with E-state index >= 15 is 0 Å². The molecule has 0 atom stereocenters. The lowest BCUT2D eigenvalue weighted by molar-refractivity contribution is 0.0381. The molecule has 0 amide bonds. The zero-order valence-corrected chi connectivity index (χ0v) is 11.7. The number of benzene rings is 1. The van der Waals surface area contributed by atoms with Crippen LogP contribution in [-0.4, -0.2) is 17.3 Å². The van der Waals surface area contributed by atoms with Crippen LogP contribution in [0.4, 0.5) is 5.69 Å². The fourth-order valence-electron chi connectivity index (χ4n) is 2.43.